The Morgan fingerprint density at radius 1 is 0.309 bits per heavy atom. The van der Waals surface area contributed by atoms with Crippen LogP contribution < -0.4 is 0 Å². The molecule has 5 nitrogen and oxygen atoms in total. The van der Waals surface area contributed by atoms with Crippen LogP contribution in [0.25, 0.3) is 0 Å². The molecule has 0 fully saturated rings. The van der Waals surface area contributed by atoms with Gasteiger partial charge in [0.15, 0.2) is 0 Å². The van der Waals surface area contributed by atoms with E-state index in [0.29, 0.717) is 46.7 Å². The molecule has 9 rings (SSSR count). The van der Waals surface area contributed by atoms with Crippen LogP contribution in [0.4, 0.5) is 52.7 Å². The predicted molar refractivity (Wildman–Crippen MR) is 373 cm³/mol. The van der Waals surface area contributed by atoms with E-state index in [9.17, 15) is 52.7 Å². The molecule has 5 aromatic heterocycles. The second kappa shape index (κ2) is 43.9. The van der Waals surface area contributed by atoms with E-state index >= 15 is 0 Å². The Morgan fingerprint density at radius 2 is 0.784 bits per heavy atom. The molecule has 0 amide bonds. The molecule has 0 aliphatic rings. The Hall–Kier alpha value is -8.21. The van der Waals surface area contributed by atoms with Crippen LogP contribution >= 0.6 is 0 Å². The number of pyridine rings is 5. The van der Waals surface area contributed by atoms with Gasteiger partial charge in [-0.3, -0.25) is 24.9 Å². The normalized spacial score (nSPS) is 11.1. The third kappa shape index (κ3) is 36.1. The number of hydrogen-bond acceptors (Lipinski definition) is 5. The largest absolute Gasteiger partial charge is 0.418 e. The van der Waals surface area contributed by atoms with Gasteiger partial charge in [-0.25, -0.2) is 13.2 Å². The molecular weight excluding hydrogens is 1260 g/mol. The number of aromatic nitrogens is 5. The first-order valence-electron chi connectivity index (χ1n) is 32.4. The molecule has 17 heteroatoms. The molecule has 0 aliphatic carbocycles. The van der Waals surface area contributed by atoms with Crippen LogP contribution in [-0.4, -0.2) is 24.9 Å². The van der Waals surface area contributed by atoms with Gasteiger partial charge in [-0.05, 0) is 179 Å². The lowest BCUT2D eigenvalue weighted by Gasteiger charge is -2.13. The van der Waals surface area contributed by atoms with Crippen molar-refractivity contribution in [1.82, 2.24) is 24.9 Å². The molecule has 528 valence electrons. The van der Waals surface area contributed by atoms with Crippen LogP contribution in [0.15, 0.2) is 201 Å². The average molecular weight is 1360 g/mol. The third-order valence-electron chi connectivity index (χ3n) is 14.0. The lowest BCUT2D eigenvalue weighted by Crippen LogP contribution is -2.11. The summed E-state index contributed by atoms with van der Waals surface area (Å²) in [6.45, 7) is 37.7. The minimum Gasteiger partial charge on any atom is -0.265 e. The Kier molecular flexibility index (Phi) is 39.2. The molecule has 0 aliphatic heterocycles. The van der Waals surface area contributed by atoms with Gasteiger partial charge < -0.3 is 0 Å². The van der Waals surface area contributed by atoms with Crippen LogP contribution in [0.2, 0.25) is 0 Å². The van der Waals surface area contributed by atoms with E-state index in [0.717, 1.165) is 47.3 Å². The fraction of sp³-hybridized carbons (Fsp3) is 0.388. The third-order valence-corrected chi connectivity index (χ3v) is 14.0. The number of hydrogen-bond donors (Lipinski definition) is 0. The maximum absolute atomic E-state index is 12.8. The van der Waals surface area contributed by atoms with Crippen molar-refractivity contribution in [3.8, 4) is 0 Å². The molecule has 9 aromatic rings. The Balaban J connectivity index is 0.000000548. The summed E-state index contributed by atoms with van der Waals surface area (Å²) in [4.78, 5) is 19.6. The van der Waals surface area contributed by atoms with Crippen LogP contribution in [0.1, 0.15) is 251 Å². The summed E-state index contributed by atoms with van der Waals surface area (Å²) in [5.74, 6) is 2.55. The molecule has 97 heavy (non-hydrogen) atoms. The molecule has 0 radical (unpaired) electrons. The van der Waals surface area contributed by atoms with Crippen molar-refractivity contribution in [2.45, 2.75) is 203 Å². The SMILES string of the molecule is CC(C)c1ccc(C(F)(F)F)cn1.CC(C)c1ccc(F)cc1.CC(C)c1cccc(F)c1.CC(C)c1ccccc1.CC(C)c1ccccc1F.CC(C)c1ccccn1.CC(C)c1ccncc1.CC(C)c1ncccc1C(F)(F)F.Cc1cc(C(F)(F)F)cc(C(C)C)n1. The van der Waals surface area contributed by atoms with Gasteiger partial charge in [0, 0.05) is 53.8 Å². The van der Waals surface area contributed by atoms with Gasteiger partial charge in [0.1, 0.15) is 17.5 Å². The molecule has 0 N–H and O–H groups in total. The first-order chi connectivity index (χ1) is 45.2. The van der Waals surface area contributed by atoms with E-state index < -0.39 is 35.2 Å². The summed E-state index contributed by atoms with van der Waals surface area (Å²) in [7, 11) is 0. The quantitative estimate of drug-likeness (QED) is 0.135. The van der Waals surface area contributed by atoms with E-state index in [1.807, 2.05) is 127 Å². The smallest absolute Gasteiger partial charge is 0.265 e. The second-order valence-corrected chi connectivity index (χ2v) is 25.3. The molecule has 0 bridgehead atoms. The van der Waals surface area contributed by atoms with Gasteiger partial charge in [-0.1, -0.05) is 203 Å². The molecule has 5 heterocycles. The van der Waals surface area contributed by atoms with Crippen molar-refractivity contribution in [2.24, 2.45) is 0 Å². The van der Waals surface area contributed by atoms with E-state index in [1.54, 1.807) is 39.0 Å². The highest BCUT2D eigenvalue weighted by Crippen LogP contribution is 2.34. The minimum atomic E-state index is -4.30. The molecule has 0 saturated heterocycles. The van der Waals surface area contributed by atoms with Crippen molar-refractivity contribution in [2.75, 3.05) is 0 Å². The summed E-state index contributed by atoms with van der Waals surface area (Å²) in [5.41, 5.74) is 6.68. The van der Waals surface area contributed by atoms with E-state index in [-0.39, 0.29) is 46.8 Å². The lowest BCUT2D eigenvalue weighted by atomic mass is 10.0. The van der Waals surface area contributed by atoms with Crippen molar-refractivity contribution in [3.63, 3.8) is 0 Å². The fourth-order valence-electron chi connectivity index (χ4n) is 8.15. The Bertz CT molecular complexity index is 3410. The zero-order valence-electron chi connectivity index (χ0n) is 59.5. The number of halogens is 12. The van der Waals surface area contributed by atoms with E-state index in [1.165, 1.54) is 59.3 Å². The number of aryl methyl sites for hydroxylation is 1. The van der Waals surface area contributed by atoms with Crippen LogP contribution in [0.5, 0.6) is 0 Å². The van der Waals surface area contributed by atoms with Gasteiger partial charge in [-0.15, -0.1) is 0 Å². The monoisotopic (exact) mass is 1360 g/mol. The average Bonchev–Trinajstić information content (AvgIpc) is 0.849. The van der Waals surface area contributed by atoms with Crippen molar-refractivity contribution < 1.29 is 52.7 Å². The van der Waals surface area contributed by atoms with Gasteiger partial charge in [-0.2, -0.15) is 39.5 Å². The van der Waals surface area contributed by atoms with E-state index in [4.69, 9.17) is 0 Å². The maximum Gasteiger partial charge on any atom is 0.418 e. The standard InChI is InChI=1S/C10H12F3N.2C9H10F3N.3C9H11F.C9H12.2C8H11N/c1-6(2)9-5-8(10(11,12)13)4-7(3)14-9;1-6(2)8-4-3-7(5-13-8)9(10,11)12;1-6(2)8-7(9(10,11)12)4-3-5-13-8;1-7(2)8-3-5-9(10)6-4-8;1-7(2)8-4-3-5-9(10)6-8;1-7(2)8-5-3-4-6-9(8)10;1-8(2)9-6-4-3-5-7-9;1-7(2)8-3-5-9-6-4-8;1-7(2)8-5-3-4-6-9-8/h4-6H,1-3H3;2*3-6H,1-2H3;3*3-7H,1-2H3;3-8H,1-2H3;2*3-7H,1-2H3. The summed E-state index contributed by atoms with van der Waals surface area (Å²) < 4.78 is 148. The first-order valence-corrected chi connectivity index (χ1v) is 32.4. The highest BCUT2D eigenvalue weighted by Gasteiger charge is 2.35. The number of alkyl halides is 9. The Morgan fingerprint density at radius 3 is 1.15 bits per heavy atom. The van der Waals surface area contributed by atoms with Gasteiger partial charge in [0.05, 0.1) is 22.4 Å². The molecule has 0 unspecified atom stereocenters. The van der Waals surface area contributed by atoms with Crippen LogP contribution in [0, 0.1) is 24.4 Å². The summed E-state index contributed by atoms with van der Waals surface area (Å²) in [5, 5.41) is 0. The van der Waals surface area contributed by atoms with Gasteiger partial charge >= 0.3 is 18.5 Å². The molecule has 0 spiro atoms. The molecule has 0 atom stereocenters. The number of rotatable bonds is 9. The van der Waals surface area contributed by atoms with Crippen LogP contribution in [0.3, 0.4) is 0 Å². The van der Waals surface area contributed by atoms with E-state index in [2.05, 4.69) is 118 Å². The molecular formula is C80H99F12N5. The summed E-state index contributed by atoms with van der Waals surface area (Å²) >= 11 is 0. The minimum absolute atomic E-state index is 0.0102. The summed E-state index contributed by atoms with van der Waals surface area (Å²) in [6, 6.07) is 47.8. The second-order valence-electron chi connectivity index (χ2n) is 25.3. The van der Waals surface area contributed by atoms with Gasteiger partial charge in [0.25, 0.3) is 0 Å². The lowest BCUT2D eigenvalue weighted by molar-refractivity contribution is -0.139. The number of nitrogens with zero attached hydrogens (tertiary/aromatic N) is 5. The highest BCUT2D eigenvalue weighted by atomic mass is 19.4. The van der Waals surface area contributed by atoms with Crippen molar-refractivity contribution in [1.29, 1.82) is 0 Å². The fourth-order valence-corrected chi connectivity index (χ4v) is 8.15. The Labute approximate surface area is 569 Å². The maximum atomic E-state index is 12.8. The van der Waals surface area contributed by atoms with Crippen molar-refractivity contribution >= 4 is 0 Å². The number of benzene rings is 4. The van der Waals surface area contributed by atoms with Crippen LogP contribution in [-0.2, 0) is 18.5 Å². The van der Waals surface area contributed by atoms with Crippen molar-refractivity contribution in [3.05, 3.63) is 291 Å². The zero-order valence-corrected chi connectivity index (χ0v) is 59.5. The molecule has 0 saturated carbocycles. The molecule has 4 aromatic carbocycles. The topological polar surface area (TPSA) is 64.5 Å². The first kappa shape index (κ1) is 86.8. The van der Waals surface area contributed by atoms with Gasteiger partial charge in [0.2, 0.25) is 0 Å². The predicted octanol–water partition coefficient (Wildman–Crippen LogP) is 26.0. The zero-order chi connectivity index (χ0) is 73.8. The summed E-state index contributed by atoms with van der Waals surface area (Å²) in [6.07, 6.45) is -5.13. The highest BCUT2D eigenvalue weighted by molar-refractivity contribution is 5.27.